The SMILES string of the molecule is CCOC(=O)c1cccc(C=C(CNC)B2OC(C)(C)C(C)(C)O2)c1. The number of carbonyl (C=O) groups excluding carboxylic acids is 1. The Morgan fingerprint density at radius 3 is 2.44 bits per heavy atom. The van der Waals surface area contributed by atoms with Crippen molar-refractivity contribution in [1.29, 1.82) is 0 Å². The van der Waals surface area contributed by atoms with E-state index in [0.29, 0.717) is 18.7 Å². The molecule has 0 radical (unpaired) electrons. The van der Waals surface area contributed by atoms with Gasteiger partial charge >= 0.3 is 13.1 Å². The molecule has 1 saturated heterocycles. The molecule has 25 heavy (non-hydrogen) atoms. The number of benzene rings is 1. The average Bonchev–Trinajstić information content (AvgIpc) is 2.75. The number of rotatable bonds is 6. The van der Waals surface area contributed by atoms with Crippen LogP contribution in [0.15, 0.2) is 29.7 Å². The van der Waals surface area contributed by atoms with E-state index in [9.17, 15) is 4.79 Å². The van der Waals surface area contributed by atoms with E-state index in [2.05, 4.69) is 5.32 Å². The monoisotopic (exact) mass is 345 g/mol. The van der Waals surface area contributed by atoms with E-state index in [-0.39, 0.29) is 5.97 Å². The van der Waals surface area contributed by atoms with E-state index in [0.717, 1.165) is 11.0 Å². The fraction of sp³-hybridized carbons (Fsp3) is 0.526. The van der Waals surface area contributed by atoms with Gasteiger partial charge in [0.15, 0.2) is 0 Å². The van der Waals surface area contributed by atoms with Crippen LogP contribution in [0.2, 0.25) is 0 Å². The molecular formula is C19H28BNO4. The number of ether oxygens (including phenoxy) is 1. The van der Waals surface area contributed by atoms with Crippen molar-refractivity contribution in [2.45, 2.75) is 45.8 Å². The Hall–Kier alpha value is -1.63. The Balaban J connectivity index is 2.29. The van der Waals surface area contributed by atoms with Gasteiger partial charge in [-0.3, -0.25) is 0 Å². The highest BCUT2D eigenvalue weighted by molar-refractivity contribution is 6.55. The van der Waals surface area contributed by atoms with Crippen molar-refractivity contribution in [2.75, 3.05) is 20.2 Å². The molecule has 5 nitrogen and oxygen atoms in total. The smallest absolute Gasteiger partial charge is 0.462 e. The molecule has 0 unspecified atom stereocenters. The molecule has 2 rings (SSSR count). The Morgan fingerprint density at radius 1 is 1.24 bits per heavy atom. The van der Waals surface area contributed by atoms with Crippen molar-refractivity contribution in [3.63, 3.8) is 0 Å². The van der Waals surface area contributed by atoms with Gasteiger partial charge in [0.25, 0.3) is 0 Å². The number of carbonyl (C=O) groups is 1. The van der Waals surface area contributed by atoms with Crippen molar-refractivity contribution < 1.29 is 18.8 Å². The van der Waals surface area contributed by atoms with Crippen LogP contribution in [0, 0.1) is 0 Å². The minimum Gasteiger partial charge on any atom is -0.462 e. The first-order chi connectivity index (χ1) is 11.7. The largest absolute Gasteiger partial charge is 0.491 e. The van der Waals surface area contributed by atoms with Gasteiger partial charge in [-0.25, -0.2) is 4.79 Å². The van der Waals surface area contributed by atoms with E-state index >= 15 is 0 Å². The molecule has 0 atom stereocenters. The fourth-order valence-corrected chi connectivity index (χ4v) is 2.58. The Kier molecular flexibility index (Phi) is 6.09. The van der Waals surface area contributed by atoms with Gasteiger partial charge in [0, 0.05) is 6.54 Å². The summed E-state index contributed by atoms with van der Waals surface area (Å²) >= 11 is 0. The molecule has 1 heterocycles. The van der Waals surface area contributed by atoms with Crippen molar-refractivity contribution in [3.05, 3.63) is 40.9 Å². The molecule has 1 fully saturated rings. The van der Waals surface area contributed by atoms with E-state index < -0.39 is 18.3 Å². The minimum absolute atomic E-state index is 0.316. The minimum atomic E-state index is -0.427. The van der Waals surface area contributed by atoms with Crippen LogP contribution in [0.4, 0.5) is 0 Å². The first-order valence-electron chi connectivity index (χ1n) is 8.68. The van der Waals surface area contributed by atoms with E-state index in [4.69, 9.17) is 14.0 Å². The topological polar surface area (TPSA) is 56.8 Å². The van der Waals surface area contributed by atoms with Gasteiger partial charge in [0.05, 0.1) is 23.4 Å². The van der Waals surface area contributed by atoms with Crippen LogP contribution in [0.3, 0.4) is 0 Å². The molecule has 0 aromatic heterocycles. The number of nitrogens with one attached hydrogen (secondary N) is 1. The number of hydrogen-bond donors (Lipinski definition) is 1. The number of hydrogen-bond acceptors (Lipinski definition) is 5. The average molecular weight is 345 g/mol. The molecule has 0 aliphatic carbocycles. The molecule has 0 amide bonds. The van der Waals surface area contributed by atoms with Crippen LogP contribution in [0.1, 0.15) is 50.5 Å². The maximum Gasteiger partial charge on any atom is 0.491 e. The standard InChI is InChI=1S/C19H28BNO4/c1-7-23-17(22)15-10-8-9-14(11-15)12-16(13-21-6)20-24-18(2,3)19(4,5)25-20/h8-12,21H,7,13H2,1-6H3. The molecule has 1 aliphatic rings. The molecule has 1 aliphatic heterocycles. The van der Waals surface area contributed by atoms with Crippen molar-refractivity contribution in [2.24, 2.45) is 0 Å². The predicted octanol–water partition coefficient (Wildman–Crippen LogP) is 3.10. The van der Waals surface area contributed by atoms with Gasteiger partial charge in [-0.1, -0.05) is 18.2 Å². The summed E-state index contributed by atoms with van der Waals surface area (Å²) in [5.41, 5.74) is 1.63. The van der Waals surface area contributed by atoms with Crippen LogP contribution in [0.25, 0.3) is 6.08 Å². The lowest BCUT2D eigenvalue weighted by atomic mass is 9.77. The summed E-state index contributed by atoms with van der Waals surface area (Å²) in [5.74, 6) is -0.316. The van der Waals surface area contributed by atoms with Gasteiger partial charge in [-0.05, 0) is 64.8 Å². The highest BCUT2D eigenvalue weighted by Crippen LogP contribution is 2.38. The molecule has 0 bridgehead atoms. The van der Waals surface area contributed by atoms with Crippen LogP contribution < -0.4 is 5.32 Å². The summed E-state index contributed by atoms with van der Waals surface area (Å²) in [7, 11) is 1.46. The van der Waals surface area contributed by atoms with Crippen LogP contribution >= 0.6 is 0 Å². The second kappa shape index (κ2) is 7.73. The normalized spacial score (nSPS) is 19.1. The Labute approximate surface area is 150 Å². The number of likely N-dealkylation sites (N-methyl/N-ethyl adjacent to an activating group) is 1. The van der Waals surface area contributed by atoms with Crippen LogP contribution in [-0.4, -0.2) is 44.5 Å². The maximum atomic E-state index is 11.9. The second-order valence-electron chi connectivity index (χ2n) is 7.18. The zero-order valence-electron chi connectivity index (χ0n) is 16.0. The molecule has 1 aromatic rings. The molecule has 136 valence electrons. The summed E-state index contributed by atoms with van der Waals surface area (Å²) < 4.78 is 17.4. The molecular weight excluding hydrogens is 317 g/mol. The zero-order chi connectivity index (χ0) is 18.7. The number of esters is 1. The lowest BCUT2D eigenvalue weighted by molar-refractivity contribution is 0.00578. The molecule has 6 heteroatoms. The van der Waals surface area contributed by atoms with Gasteiger partial charge in [0.1, 0.15) is 0 Å². The third-order valence-corrected chi connectivity index (χ3v) is 4.69. The summed E-state index contributed by atoms with van der Waals surface area (Å²) in [6.45, 7) is 10.9. The van der Waals surface area contributed by atoms with E-state index in [1.54, 1.807) is 13.0 Å². The van der Waals surface area contributed by atoms with Gasteiger partial charge in [-0.2, -0.15) is 0 Å². The van der Waals surface area contributed by atoms with E-state index in [1.165, 1.54) is 0 Å². The van der Waals surface area contributed by atoms with Crippen LogP contribution in [0.5, 0.6) is 0 Å². The molecule has 1 aromatic carbocycles. The fourth-order valence-electron chi connectivity index (χ4n) is 2.58. The van der Waals surface area contributed by atoms with Crippen molar-refractivity contribution >= 4 is 19.2 Å². The highest BCUT2D eigenvalue weighted by Gasteiger charge is 2.52. The summed E-state index contributed by atoms with van der Waals surface area (Å²) in [5, 5.41) is 3.16. The lowest BCUT2D eigenvalue weighted by Gasteiger charge is -2.32. The first kappa shape index (κ1) is 19.7. The summed E-state index contributed by atoms with van der Waals surface area (Å²) in [6, 6.07) is 7.36. The highest BCUT2D eigenvalue weighted by atomic mass is 16.7. The third kappa shape index (κ3) is 4.51. The van der Waals surface area contributed by atoms with Gasteiger partial charge in [0.2, 0.25) is 0 Å². The van der Waals surface area contributed by atoms with Gasteiger partial charge < -0.3 is 19.4 Å². The lowest BCUT2D eigenvalue weighted by Crippen LogP contribution is -2.41. The van der Waals surface area contributed by atoms with Crippen molar-refractivity contribution in [1.82, 2.24) is 5.32 Å². The summed E-state index contributed by atoms with van der Waals surface area (Å²) in [6.07, 6.45) is 2.00. The maximum absolute atomic E-state index is 11.9. The first-order valence-corrected chi connectivity index (χ1v) is 8.68. The Morgan fingerprint density at radius 2 is 1.88 bits per heavy atom. The van der Waals surface area contributed by atoms with Crippen LogP contribution in [-0.2, 0) is 14.0 Å². The van der Waals surface area contributed by atoms with Crippen molar-refractivity contribution in [3.8, 4) is 0 Å². The molecule has 0 saturated carbocycles. The summed E-state index contributed by atoms with van der Waals surface area (Å²) in [4.78, 5) is 11.9. The predicted molar refractivity (Wildman–Crippen MR) is 100 cm³/mol. The molecule has 0 spiro atoms. The second-order valence-corrected chi connectivity index (χ2v) is 7.18. The Bertz CT molecular complexity index is 639. The van der Waals surface area contributed by atoms with E-state index in [1.807, 2.05) is 59.0 Å². The third-order valence-electron chi connectivity index (χ3n) is 4.69. The van der Waals surface area contributed by atoms with Gasteiger partial charge in [-0.15, -0.1) is 0 Å². The zero-order valence-corrected chi connectivity index (χ0v) is 16.0. The quantitative estimate of drug-likeness (QED) is 0.634. The molecule has 1 N–H and O–H groups in total.